The first kappa shape index (κ1) is 20.0. The molecule has 0 saturated carbocycles. The van der Waals surface area contributed by atoms with Crippen molar-refractivity contribution in [1.82, 2.24) is 0 Å². The zero-order valence-electron chi connectivity index (χ0n) is 12.8. The van der Waals surface area contributed by atoms with E-state index < -0.39 is 11.8 Å². The van der Waals surface area contributed by atoms with E-state index in [4.69, 9.17) is 15.3 Å². The molecule has 0 aliphatic heterocycles. The van der Waals surface area contributed by atoms with Crippen LogP contribution in [0.15, 0.2) is 24.8 Å². The highest BCUT2D eigenvalue weighted by molar-refractivity contribution is 5.74. The van der Waals surface area contributed by atoms with Gasteiger partial charge in [0.25, 0.3) is 5.79 Å². The number of unbranched alkanes of at least 4 members (excludes halogenated alkanes) is 5. The Hall–Kier alpha value is -2.01. The van der Waals surface area contributed by atoms with Gasteiger partial charge in [0.1, 0.15) is 0 Å². The van der Waals surface area contributed by atoms with Gasteiger partial charge in [0.2, 0.25) is 0 Å². The topological polar surface area (TPSA) is 77.8 Å². The highest BCUT2D eigenvalue weighted by Gasteiger charge is 2.31. The molecule has 0 rings (SSSR count). The molecule has 120 valence electrons. The van der Waals surface area contributed by atoms with Gasteiger partial charge in [-0.3, -0.25) is 0 Å². The molecule has 4 heteroatoms. The average Bonchev–Trinajstić information content (AvgIpc) is 2.47. The Labute approximate surface area is 132 Å². The van der Waals surface area contributed by atoms with Crippen LogP contribution in [0.3, 0.4) is 0 Å². The maximum absolute atomic E-state index is 10.5. The molecule has 22 heavy (non-hydrogen) atoms. The first-order valence-corrected chi connectivity index (χ1v) is 7.43. The number of hydrogen-bond acceptors (Lipinski definition) is 3. The number of carbonyl (C=O) groups is 1. The van der Waals surface area contributed by atoms with Crippen molar-refractivity contribution in [3.8, 4) is 23.7 Å². The summed E-state index contributed by atoms with van der Waals surface area (Å²) in [5, 5.41) is 26.7. The van der Waals surface area contributed by atoms with Gasteiger partial charge in [-0.05, 0) is 37.2 Å². The Balaban J connectivity index is 3.53. The van der Waals surface area contributed by atoms with E-state index >= 15 is 0 Å². The highest BCUT2D eigenvalue weighted by atomic mass is 16.5. The van der Waals surface area contributed by atoms with Gasteiger partial charge in [-0.1, -0.05) is 43.3 Å². The first-order chi connectivity index (χ1) is 10.5. The maximum atomic E-state index is 10.5. The third kappa shape index (κ3) is 11.8. The minimum Gasteiger partial charge on any atom is -0.477 e. The summed E-state index contributed by atoms with van der Waals surface area (Å²) in [6.07, 6.45) is 11.3. The molecule has 0 aliphatic rings. The Morgan fingerprint density at radius 3 is 2.45 bits per heavy atom. The number of aliphatic carboxylic acids is 1. The van der Waals surface area contributed by atoms with Gasteiger partial charge < -0.3 is 15.3 Å². The van der Waals surface area contributed by atoms with Crippen LogP contribution in [0.5, 0.6) is 0 Å². The summed E-state index contributed by atoms with van der Waals surface area (Å²) >= 11 is 0. The van der Waals surface area contributed by atoms with Crippen LogP contribution in [0.1, 0.15) is 51.4 Å². The summed E-state index contributed by atoms with van der Waals surface area (Å²) in [5.41, 5.74) is 0. The normalized spacial score (nSPS) is 10.5. The Morgan fingerprint density at radius 1 is 1.09 bits per heavy atom. The zero-order valence-corrected chi connectivity index (χ0v) is 12.8. The summed E-state index contributed by atoms with van der Waals surface area (Å²) in [5.74, 6) is 6.93. The number of rotatable bonds is 10. The minimum absolute atomic E-state index is 0.134. The number of aliphatic hydroxyl groups is 2. The van der Waals surface area contributed by atoms with E-state index in [0.29, 0.717) is 12.8 Å². The lowest BCUT2D eigenvalue weighted by Gasteiger charge is -2.15. The monoisotopic (exact) mass is 304 g/mol. The zero-order chi connectivity index (χ0) is 16.7. The van der Waals surface area contributed by atoms with Crippen LogP contribution in [0.25, 0.3) is 0 Å². The Bertz CT molecular complexity index is 481. The van der Waals surface area contributed by atoms with E-state index in [0.717, 1.165) is 32.1 Å². The molecule has 3 N–H and O–H groups in total. The second kappa shape index (κ2) is 12.7. The van der Waals surface area contributed by atoms with Crippen molar-refractivity contribution in [3.05, 3.63) is 24.8 Å². The molecule has 0 aromatic rings. The third-order valence-corrected chi connectivity index (χ3v) is 2.91. The molecule has 0 aliphatic carbocycles. The summed E-state index contributed by atoms with van der Waals surface area (Å²) in [4.78, 5) is 10.5. The van der Waals surface area contributed by atoms with Gasteiger partial charge in [0.15, 0.2) is 0 Å². The molecule has 0 heterocycles. The third-order valence-electron chi connectivity index (χ3n) is 2.91. The predicted octanol–water partition coefficient (Wildman–Crippen LogP) is 2.62. The fourth-order valence-corrected chi connectivity index (χ4v) is 1.66. The van der Waals surface area contributed by atoms with Crippen LogP contribution < -0.4 is 0 Å². The van der Waals surface area contributed by atoms with Gasteiger partial charge in [-0.25, -0.2) is 4.79 Å². The minimum atomic E-state index is -2.59. The molecule has 0 radical (unpaired) electrons. The molecule has 0 amide bonds. The first-order valence-electron chi connectivity index (χ1n) is 7.43. The maximum Gasteiger partial charge on any atom is 0.364 e. The van der Waals surface area contributed by atoms with Crippen LogP contribution in [0, 0.1) is 23.7 Å². The van der Waals surface area contributed by atoms with Crippen molar-refractivity contribution in [2.24, 2.45) is 0 Å². The largest absolute Gasteiger partial charge is 0.477 e. The molecule has 0 unspecified atom stereocenters. The van der Waals surface area contributed by atoms with Crippen LogP contribution in [-0.2, 0) is 4.79 Å². The second-order valence-corrected chi connectivity index (χ2v) is 4.89. The fraction of sp³-hybridized carbons (Fsp3) is 0.500. The molecule has 0 spiro atoms. The standard InChI is InChI=1S/C18H24O4/c1-2-3-4-5-6-7-8-9-10-11-12-13-14-15-16-18(21,22)17(19)20/h2,8-9,21-22H,1,3,10-16H2,(H,19,20). The van der Waals surface area contributed by atoms with Gasteiger partial charge in [0.05, 0.1) is 0 Å². The van der Waals surface area contributed by atoms with Crippen LogP contribution in [0.4, 0.5) is 0 Å². The molecule has 0 saturated heterocycles. The van der Waals surface area contributed by atoms with Crippen molar-refractivity contribution < 1.29 is 20.1 Å². The van der Waals surface area contributed by atoms with Crippen molar-refractivity contribution in [2.45, 2.75) is 57.2 Å². The van der Waals surface area contributed by atoms with Crippen molar-refractivity contribution >= 4 is 5.97 Å². The molecule has 0 bridgehead atoms. The molecule has 4 nitrogen and oxygen atoms in total. The summed E-state index contributed by atoms with van der Waals surface area (Å²) < 4.78 is 0. The van der Waals surface area contributed by atoms with Gasteiger partial charge in [-0.2, -0.15) is 0 Å². The Kier molecular flexibility index (Phi) is 11.5. The molecule has 0 aromatic heterocycles. The highest BCUT2D eigenvalue weighted by Crippen LogP contribution is 2.14. The average molecular weight is 304 g/mol. The molecule has 0 aromatic carbocycles. The van der Waals surface area contributed by atoms with E-state index in [-0.39, 0.29) is 6.42 Å². The van der Waals surface area contributed by atoms with Crippen molar-refractivity contribution in [3.63, 3.8) is 0 Å². The van der Waals surface area contributed by atoms with E-state index in [1.165, 1.54) is 0 Å². The van der Waals surface area contributed by atoms with Gasteiger partial charge in [0, 0.05) is 12.8 Å². The summed E-state index contributed by atoms with van der Waals surface area (Å²) in [6, 6.07) is 0. The van der Waals surface area contributed by atoms with E-state index in [2.05, 4.69) is 30.3 Å². The fourth-order valence-electron chi connectivity index (χ4n) is 1.66. The summed E-state index contributed by atoms with van der Waals surface area (Å²) in [7, 11) is 0. The van der Waals surface area contributed by atoms with E-state index in [1.54, 1.807) is 12.2 Å². The molecule has 0 fully saturated rings. The van der Waals surface area contributed by atoms with Crippen LogP contribution in [0.2, 0.25) is 0 Å². The van der Waals surface area contributed by atoms with Crippen molar-refractivity contribution in [2.75, 3.05) is 0 Å². The lowest BCUT2D eigenvalue weighted by atomic mass is 10.1. The lowest BCUT2D eigenvalue weighted by molar-refractivity contribution is -0.205. The smallest absolute Gasteiger partial charge is 0.364 e. The number of carboxylic acids is 1. The van der Waals surface area contributed by atoms with Crippen LogP contribution >= 0.6 is 0 Å². The van der Waals surface area contributed by atoms with Crippen molar-refractivity contribution in [1.29, 1.82) is 0 Å². The quantitative estimate of drug-likeness (QED) is 0.251. The SMILES string of the molecule is C=CCC#CC#CC=CCCCCCCCC(O)(O)C(=O)O. The van der Waals surface area contributed by atoms with Gasteiger partial charge in [-0.15, -0.1) is 6.58 Å². The van der Waals surface area contributed by atoms with Gasteiger partial charge >= 0.3 is 5.97 Å². The molecular formula is C18H24O4. The number of carboxylic acid groups (broad SMARTS) is 1. The number of hydrogen-bond donors (Lipinski definition) is 3. The van der Waals surface area contributed by atoms with E-state index in [9.17, 15) is 4.79 Å². The summed E-state index contributed by atoms with van der Waals surface area (Å²) in [6.45, 7) is 3.56. The van der Waals surface area contributed by atoms with E-state index in [1.807, 2.05) is 6.08 Å². The Morgan fingerprint density at radius 2 is 1.77 bits per heavy atom. The lowest BCUT2D eigenvalue weighted by Crippen LogP contribution is -2.37. The number of allylic oxidation sites excluding steroid dienone is 3. The van der Waals surface area contributed by atoms with Crippen LogP contribution in [-0.4, -0.2) is 27.1 Å². The second-order valence-electron chi connectivity index (χ2n) is 4.89. The molecule has 0 atom stereocenters. The predicted molar refractivity (Wildman–Crippen MR) is 86.6 cm³/mol. The molecular weight excluding hydrogens is 280 g/mol.